The van der Waals surface area contributed by atoms with Crippen molar-refractivity contribution in [2.24, 2.45) is 0 Å². The zero-order valence-corrected chi connectivity index (χ0v) is 12.0. The first-order valence-electron chi connectivity index (χ1n) is 6.50. The summed E-state index contributed by atoms with van der Waals surface area (Å²) >= 11 is 6.22. The number of carbonyl (C=O) groups excluding carboxylic acids is 2. The molecule has 0 bridgehead atoms. The smallest absolute Gasteiger partial charge is 0.410 e. The molecule has 2 aliphatic heterocycles. The van der Waals surface area contributed by atoms with Gasteiger partial charge in [-0.25, -0.2) is 4.79 Å². The largest absolute Gasteiger partial charge is 0.447 e. The lowest BCUT2D eigenvalue weighted by Gasteiger charge is -2.45. The number of fused-ring (bicyclic) bond motifs is 2. The molecule has 2 amide bonds. The minimum Gasteiger partial charge on any atom is -0.447 e. The van der Waals surface area contributed by atoms with Crippen LogP contribution in [-0.2, 0) is 14.9 Å². The molecule has 0 saturated carbocycles. The minimum absolute atomic E-state index is 0.103. The van der Waals surface area contributed by atoms with Gasteiger partial charge in [0.15, 0.2) is 0 Å². The van der Waals surface area contributed by atoms with Crippen molar-refractivity contribution in [3.05, 3.63) is 28.8 Å². The van der Waals surface area contributed by atoms with Crippen LogP contribution in [0.25, 0.3) is 0 Å². The number of rotatable bonds is 1. The van der Waals surface area contributed by atoms with Crippen LogP contribution in [0.5, 0.6) is 0 Å². The molecule has 1 saturated heterocycles. The van der Waals surface area contributed by atoms with Crippen molar-refractivity contribution >= 4 is 29.3 Å². The third kappa shape index (κ3) is 1.77. The summed E-state index contributed by atoms with van der Waals surface area (Å²) in [7, 11) is 0. The van der Waals surface area contributed by atoms with E-state index >= 15 is 0 Å². The van der Waals surface area contributed by atoms with Gasteiger partial charge in [-0.05, 0) is 26.0 Å². The van der Waals surface area contributed by atoms with Gasteiger partial charge in [0.05, 0.1) is 6.10 Å². The molecule has 0 aliphatic carbocycles. The molecule has 5 nitrogen and oxygen atoms in total. The highest BCUT2D eigenvalue weighted by Gasteiger charge is 2.58. The highest BCUT2D eigenvalue weighted by atomic mass is 35.5. The van der Waals surface area contributed by atoms with E-state index in [9.17, 15) is 9.59 Å². The second-order valence-electron chi connectivity index (χ2n) is 5.49. The summed E-state index contributed by atoms with van der Waals surface area (Å²) in [6.07, 6.45) is -0.564. The van der Waals surface area contributed by atoms with Crippen molar-refractivity contribution in [1.29, 1.82) is 0 Å². The quantitative estimate of drug-likeness (QED) is 0.865. The first kappa shape index (κ1) is 13.2. The van der Waals surface area contributed by atoms with E-state index in [1.54, 1.807) is 26.0 Å². The van der Waals surface area contributed by atoms with Gasteiger partial charge in [0.1, 0.15) is 5.41 Å². The molecule has 1 spiro atoms. The molecule has 2 aliphatic rings. The van der Waals surface area contributed by atoms with E-state index in [0.29, 0.717) is 18.1 Å². The van der Waals surface area contributed by atoms with Crippen molar-refractivity contribution in [1.82, 2.24) is 4.90 Å². The number of nitrogens with one attached hydrogen (secondary N) is 1. The summed E-state index contributed by atoms with van der Waals surface area (Å²) in [4.78, 5) is 25.6. The van der Waals surface area contributed by atoms with Gasteiger partial charge in [0.2, 0.25) is 5.91 Å². The fourth-order valence-corrected chi connectivity index (χ4v) is 3.14. The van der Waals surface area contributed by atoms with E-state index in [0.717, 1.165) is 11.3 Å². The van der Waals surface area contributed by atoms with Crippen molar-refractivity contribution in [2.45, 2.75) is 25.4 Å². The molecule has 1 aromatic rings. The van der Waals surface area contributed by atoms with Gasteiger partial charge in [-0.1, -0.05) is 17.7 Å². The standard InChI is InChI=1S/C14H15ClN2O3/c1-8(2)20-13(19)17-6-14(7-17)11-9(15)4-3-5-10(11)16-12(14)18/h3-5,8H,6-7H2,1-2H3,(H,16,18). The van der Waals surface area contributed by atoms with Gasteiger partial charge >= 0.3 is 6.09 Å². The summed E-state index contributed by atoms with van der Waals surface area (Å²) < 4.78 is 5.13. The Morgan fingerprint density at radius 1 is 1.45 bits per heavy atom. The van der Waals surface area contributed by atoms with Crippen LogP contribution in [0, 0.1) is 0 Å². The number of nitrogens with zero attached hydrogens (tertiary/aromatic N) is 1. The number of anilines is 1. The zero-order valence-electron chi connectivity index (χ0n) is 11.3. The Labute approximate surface area is 121 Å². The number of carbonyl (C=O) groups is 2. The third-order valence-corrected chi connectivity index (χ3v) is 4.01. The van der Waals surface area contributed by atoms with Gasteiger partial charge in [0.25, 0.3) is 0 Å². The fourth-order valence-electron chi connectivity index (χ4n) is 2.78. The SMILES string of the molecule is CC(C)OC(=O)N1CC2(C1)C(=O)Nc1cccc(Cl)c12. The lowest BCUT2D eigenvalue weighted by atomic mass is 9.75. The maximum atomic E-state index is 12.2. The van der Waals surface area contributed by atoms with Crippen LogP contribution in [0.4, 0.5) is 10.5 Å². The Morgan fingerprint density at radius 3 is 2.80 bits per heavy atom. The van der Waals surface area contributed by atoms with Crippen LogP contribution in [-0.4, -0.2) is 36.1 Å². The number of hydrogen-bond acceptors (Lipinski definition) is 3. The number of benzene rings is 1. The number of amides is 2. The van der Waals surface area contributed by atoms with Gasteiger partial charge in [-0.15, -0.1) is 0 Å². The first-order chi connectivity index (χ1) is 9.44. The first-order valence-corrected chi connectivity index (χ1v) is 6.88. The molecule has 0 radical (unpaired) electrons. The molecule has 20 heavy (non-hydrogen) atoms. The Hall–Kier alpha value is -1.75. The maximum absolute atomic E-state index is 12.2. The summed E-state index contributed by atoms with van der Waals surface area (Å²) in [5.74, 6) is -0.103. The molecule has 3 rings (SSSR count). The molecular formula is C14H15ClN2O3. The monoisotopic (exact) mass is 294 g/mol. The number of halogens is 1. The number of ether oxygens (including phenoxy) is 1. The highest BCUT2D eigenvalue weighted by molar-refractivity contribution is 6.33. The Bertz CT molecular complexity index is 594. The highest BCUT2D eigenvalue weighted by Crippen LogP contribution is 2.47. The van der Waals surface area contributed by atoms with E-state index < -0.39 is 5.41 Å². The lowest BCUT2D eigenvalue weighted by molar-refractivity contribution is -0.126. The summed E-state index contributed by atoms with van der Waals surface area (Å²) in [5, 5.41) is 3.38. The summed E-state index contributed by atoms with van der Waals surface area (Å²) in [6.45, 7) is 4.20. The molecule has 0 unspecified atom stereocenters. The van der Waals surface area contributed by atoms with Crippen molar-refractivity contribution in [3.63, 3.8) is 0 Å². The lowest BCUT2D eigenvalue weighted by Crippen LogP contribution is -2.64. The zero-order chi connectivity index (χ0) is 14.5. The van der Waals surface area contributed by atoms with Crippen molar-refractivity contribution < 1.29 is 14.3 Å². The Morgan fingerprint density at radius 2 is 2.15 bits per heavy atom. The molecule has 1 aromatic carbocycles. The predicted octanol–water partition coefficient (Wildman–Crippen LogP) is 2.39. The van der Waals surface area contributed by atoms with Crippen molar-refractivity contribution in [2.75, 3.05) is 18.4 Å². The van der Waals surface area contributed by atoms with Gasteiger partial charge in [-0.3, -0.25) is 4.79 Å². The molecule has 1 N–H and O–H groups in total. The third-order valence-electron chi connectivity index (χ3n) is 3.69. The van der Waals surface area contributed by atoms with Gasteiger partial charge in [-0.2, -0.15) is 0 Å². The molecule has 106 valence electrons. The van der Waals surface area contributed by atoms with Gasteiger partial charge < -0.3 is 15.0 Å². The van der Waals surface area contributed by atoms with Crippen LogP contribution in [0.3, 0.4) is 0 Å². The fraction of sp³-hybridized carbons (Fsp3) is 0.429. The van der Waals surface area contributed by atoms with Crippen LogP contribution in [0.1, 0.15) is 19.4 Å². The topological polar surface area (TPSA) is 58.6 Å². The van der Waals surface area contributed by atoms with E-state index in [2.05, 4.69) is 5.32 Å². The second-order valence-corrected chi connectivity index (χ2v) is 5.89. The molecule has 6 heteroatoms. The molecule has 1 fully saturated rings. The average molecular weight is 295 g/mol. The van der Waals surface area contributed by atoms with Crippen molar-refractivity contribution in [3.8, 4) is 0 Å². The summed E-state index contributed by atoms with van der Waals surface area (Å²) in [5.41, 5.74) is 0.809. The predicted molar refractivity (Wildman–Crippen MR) is 74.9 cm³/mol. The Balaban J connectivity index is 1.84. The van der Waals surface area contributed by atoms with Crippen LogP contribution < -0.4 is 5.32 Å². The molecule has 2 heterocycles. The van der Waals surface area contributed by atoms with Gasteiger partial charge in [0, 0.05) is 29.4 Å². The Kier molecular flexibility index (Phi) is 2.90. The van der Waals surface area contributed by atoms with E-state index in [-0.39, 0.29) is 18.1 Å². The van der Waals surface area contributed by atoms with Crippen LogP contribution >= 0.6 is 11.6 Å². The maximum Gasteiger partial charge on any atom is 0.410 e. The molecule has 0 atom stereocenters. The minimum atomic E-state index is -0.719. The van der Waals surface area contributed by atoms with Crippen LogP contribution in [0.2, 0.25) is 5.02 Å². The van der Waals surface area contributed by atoms with E-state index in [4.69, 9.17) is 16.3 Å². The average Bonchev–Trinajstić information content (AvgIpc) is 2.59. The molecular weight excluding hydrogens is 280 g/mol. The second kappa shape index (κ2) is 4.38. The normalized spacial score (nSPS) is 18.8. The number of hydrogen-bond donors (Lipinski definition) is 1. The summed E-state index contributed by atoms with van der Waals surface area (Å²) in [6, 6.07) is 5.38. The van der Waals surface area contributed by atoms with Crippen LogP contribution in [0.15, 0.2) is 18.2 Å². The molecule has 0 aromatic heterocycles. The van der Waals surface area contributed by atoms with E-state index in [1.165, 1.54) is 4.90 Å². The van der Waals surface area contributed by atoms with E-state index in [1.807, 2.05) is 6.07 Å². The number of likely N-dealkylation sites (tertiary alicyclic amines) is 1.